The molecule has 2 aromatic carbocycles. The van der Waals surface area contributed by atoms with E-state index in [0.29, 0.717) is 17.7 Å². The molecule has 5 fully saturated rings. The van der Waals surface area contributed by atoms with Crippen LogP contribution in [-0.4, -0.2) is 24.5 Å². The number of rotatable bonds is 3. The minimum absolute atomic E-state index is 0.0440. The molecule has 1 aliphatic heterocycles. The van der Waals surface area contributed by atoms with Gasteiger partial charge in [-0.25, -0.2) is 0 Å². The van der Waals surface area contributed by atoms with Crippen LogP contribution in [0.25, 0.3) is 11.1 Å². The fraction of sp³-hybridized carbons (Fsp3) is 0.567. The van der Waals surface area contributed by atoms with Gasteiger partial charge in [-0.1, -0.05) is 31.2 Å². The normalized spacial score (nSPS) is 37.8. The molecule has 6 bridgehead atoms. The lowest BCUT2D eigenvalue weighted by atomic mass is 9.49. The zero-order valence-electron chi connectivity index (χ0n) is 19.9. The Hall–Kier alpha value is -2.29. The molecule has 2 unspecified atom stereocenters. The van der Waals surface area contributed by atoms with Gasteiger partial charge in [0.15, 0.2) is 0 Å². The van der Waals surface area contributed by atoms with Gasteiger partial charge in [-0.3, -0.25) is 4.79 Å². The first-order chi connectivity index (χ1) is 16.0. The van der Waals surface area contributed by atoms with Crippen molar-refractivity contribution >= 4 is 5.91 Å². The molecular weight excluding hydrogens is 406 g/mol. The first kappa shape index (κ1) is 20.1. The Kier molecular flexibility index (Phi) is 4.33. The molecule has 4 saturated carbocycles. The van der Waals surface area contributed by atoms with Crippen LogP contribution in [0.4, 0.5) is 0 Å². The Morgan fingerprint density at radius 3 is 2.18 bits per heavy atom. The smallest absolute Gasteiger partial charge is 0.229 e. The van der Waals surface area contributed by atoms with E-state index in [1.54, 1.807) is 7.11 Å². The summed E-state index contributed by atoms with van der Waals surface area (Å²) in [5.41, 5.74) is 5.32. The Morgan fingerprint density at radius 2 is 1.55 bits per heavy atom. The number of hydrogen-bond acceptors (Lipinski definition) is 2. The summed E-state index contributed by atoms with van der Waals surface area (Å²) in [7, 11) is 1.71. The highest BCUT2D eigenvalue weighted by molar-refractivity contribution is 5.84. The molecule has 1 amide bonds. The van der Waals surface area contributed by atoms with Crippen molar-refractivity contribution in [2.24, 2.45) is 29.1 Å². The number of amides is 1. The highest BCUT2D eigenvalue weighted by Crippen LogP contribution is 2.62. The van der Waals surface area contributed by atoms with Crippen LogP contribution in [0.15, 0.2) is 42.5 Å². The monoisotopic (exact) mass is 441 g/mol. The molecule has 8 rings (SSSR count). The third-order valence-corrected chi connectivity index (χ3v) is 10.1. The maximum Gasteiger partial charge on any atom is 0.229 e. The lowest BCUT2D eigenvalue weighted by Gasteiger charge is -2.57. The van der Waals surface area contributed by atoms with Crippen molar-refractivity contribution < 1.29 is 9.53 Å². The third kappa shape index (κ3) is 2.90. The largest absolute Gasteiger partial charge is 0.497 e. The van der Waals surface area contributed by atoms with Gasteiger partial charge in [0, 0.05) is 6.54 Å². The van der Waals surface area contributed by atoms with Gasteiger partial charge in [-0.15, -0.1) is 0 Å². The molecule has 2 aromatic rings. The van der Waals surface area contributed by atoms with Crippen LogP contribution in [0.5, 0.6) is 5.75 Å². The lowest BCUT2D eigenvalue weighted by Crippen LogP contribution is -2.56. The topological polar surface area (TPSA) is 29.5 Å². The Morgan fingerprint density at radius 1 is 0.909 bits per heavy atom. The molecule has 5 aliphatic carbocycles. The van der Waals surface area contributed by atoms with E-state index in [0.717, 1.165) is 36.5 Å². The molecule has 0 radical (unpaired) electrons. The highest BCUT2D eigenvalue weighted by Gasteiger charge is 2.58. The Bertz CT molecular complexity index is 1070. The van der Waals surface area contributed by atoms with Crippen LogP contribution in [0.2, 0.25) is 0 Å². The number of methoxy groups -OCH3 is 1. The molecule has 0 spiro atoms. The van der Waals surface area contributed by atoms with Gasteiger partial charge in [0.2, 0.25) is 5.91 Å². The maximum absolute atomic E-state index is 14.3. The minimum atomic E-state index is -0.0440. The molecule has 0 N–H and O–H groups in total. The van der Waals surface area contributed by atoms with E-state index in [2.05, 4.69) is 42.2 Å². The number of carbonyl (C=O) groups is 1. The lowest BCUT2D eigenvalue weighted by molar-refractivity contribution is -0.163. The summed E-state index contributed by atoms with van der Waals surface area (Å²) in [5.74, 6) is 4.94. The average Bonchev–Trinajstić information content (AvgIpc) is 2.98. The van der Waals surface area contributed by atoms with Crippen LogP contribution in [0.3, 0.4) is 0 Å². The number of hydrogen-bond donors (Lipinski definition) is 0. The molecule has 0 aromatic heterocycles. The summed E-state index contributed by atoms with van der Waals surface area (Å²) in [6, 6.07) is 15.6. The van der Waals surface area contributed by atoms with Crippen molar-refractivity contribution in [2.45, 2.75) is 63.8 Å². The van der Waals surface area contributed by atoms with E-state index in [4.69, 9.17) is 4.74 Å². The standard InChI is InChI=1S/C30H35NO2/c1-18-25-9-10-31(29(32)30-15-19-11-20(16-30)13-21(12-19)17-30)28(18)27-14-23(5-8-26(25)27)22-3-6-24(33-2)7-4-22/h3-8,14,18-21,25,28H,9-13,15-17H2,1-2H3/t18-,19?,20?,21?,25?,28?,30?/m0/s1. The van der Waals surface area contributed by atoms with Gasteiger partial charge in [-0.05, 0) is 115 Å². The molecule has 1 saturated heterocycles. The molecule has 6 aliphatic rings. The zero-order chi connectivity index (χ0) is 22.3. The van der Waals surface area contributed by atoms with Gasteiger partial charge in [-0.2, -0.15) is 0 Å². The van der Waals surface area contributed by atoms with Crippen molar-refractivity contribution in [3.8, 4) is 16.9 Å². The highest BCUT2D eigenvalue weighted by atomic mass is 16.5. The first-order valence-electron chi connectivity index (χ1n) is 13.1. The van der Waals surface area contributed by atoms with Crippen LogP contribution in [-0.2, 0) is 4.79 Å². The second-order valence-electron chi connectivity index (χ2n) is 12.0. The fourth-order valence-electron chi connectivity index (χ4n) is 9.11. The van der Waals surface area contributed by atoms with Crippen molar-refractivity contribution in [2.75, 3.05) is 13.7 Å². The number of nitrogens with zero attached hydrogens (tertiary/aromatic N) is 1. The van der Waals surface area contributed by atoms with Crippen molar-refractivity contribution in [1.82, 2.24) is 4.90 Å². The second kappa shape index (κ2) is 7.10. The SMILES string of the molecule is COc1ccc(-c2ccc3c(c2)C2[C@@H](C)C3CCN2C(=O)C23CC4CC(CC(C4)C2)C3)cc1. The molecule has 3 heteroatoms. The van der Waals surface area contributed by atoms with E-state index >= 15 is 0 Å². The number of fused-ring (bicyclic) bond motifs is 5. The van der Waals surface area contributed by atoms with E-state index in [9.17, 15) is 4.79 Å². The molecule has 172 valence electrons. The minimum Gasteiger partial charge on any atom is -0.497 e. The van der Waals surface area contributed by atoms with E-state index < -0.39 is 0 Å². The van der Waals surface area contributed by atoms with Crippen molar-refractivity contribution in [3.63, 3.8) is 0 Å². The molecule has 3 nitrogen and oxygen atoms in total. The summed E-state index contributed by atoms with van der Waals surface area (Å²) in [5, 5.41) is 0. The van der Waals surface area contributed by atoms with E-state index in [1.165, 1.54) is 60.8 Å². The van der Waals surface area contributed by atoms with Crippen LogP contribution in [0.1, 0.15) is 75.0 Å². The molecule has 1 heterocycles. The summed E-state index contributed by atoms with van der Waals surface area (Å²) >= 11 is 0. The average molecular weight is 442 g/mol. The fourth-order valence-corrected chi connectivity index (χ4v) is 9.11. The van der Waals surface area contributed by atoms with E-state index in [1.807, 2.05) is 12.1 Å². The van der Waals surface area contributed by atoms with Gasteiger partial charge >= 0.3 is 0 Å². The number of ether oxygens (including phenoxy) is 1. The third-order valence-electron chi connectivity index (χ3n) is 10.1. The van der Waals surface area contributed by atoms with Crippen LogP contribution < -0.4 is 4.74 Å². The Balaban J connectivity index is 1.24. The van der Waals surface area contributed by atoms with Gasteiger partial charge in [0.25, 0.3) is 0 Å². The number of likely N-dealkylation sites (tertiary alicyclic amines) is 1. The Labute approximate surface area is 197 Å². The summed E-state index contributed by atoms with van der Waals surface area (Å²) in [4.78, 5) is 16.7. The zero-order valence-corrected chi connectivity index (χ0v) is 19.9. The number of piperidine rings is 1. The second-order valence-corrected chi connectivity index (χ2v) is 12.0. The number of benzene rings is 2. The predicted molar refractivity (Wildman–Crippen MR) is 130 cm³/mol. The molecule has 3 atom stereocenters. The molecular formula is C30H35NO2. The van der Waals surface area contributed by atoms with E-state index in [-0.39, 0.29) is 11.5 Å². The summed E-state index contributed by atoms with van der Waals surface area (Å²) < 4.78 is 5.35. The van der Waals surface area contributed by atoms with Gasteiger partial charge in [0.05, 0.1) is 18.6 Å². The maximum atomic E-state index is 14.3. The summed E-state index contributed by atoms with van der Waals surface area (Å²) in [6.07, 6.45) is 8.78. The summed E-state index contributed by atoms with van der Waals surface area (Å²) in [6.45, 7) is 3.33. The van der Waals surface area contributed by atoms with Crippen LogP contribution >= 0.6 is 0 Å². The van der Waals surface area contributed by atoms with Gasteiger partial charge in [0.1, 0.15) is 5.75 Å². The van der Waals surface area contributed by atoms with Crippen LogP contribution in [0, 0.1) is 29.1 Å². The first-order valence-corrected chi connectivity index (χ1v) is 13.1. The molecule has 33 heavy (non-hydrogen) atoms. The van der Waals surface area contributed by atoms with Crippen molar-refractivity contribution in [3.05, 3.63) is 53.6 Å². The van der Waals surface area contributed by atoms with Crippen molar-refractivity contribution in [1.29, 1.82) is 0 Å². The number of carbonyl (C=O) groups excluding carboxylic acids is 1. The van der Waals surface area contributed by atoms with Gasteiger partial charge < -0.3 is 9.64 Å². The quantitative estimate of drug-likeness (QED) is 0.538. The predicted octanol–water partition coefficient (Wildman–Crippen LogP) is 6.59.